The van der Waals surface area contributed by atoms with Gasteiger partial charge in [-0.2, -0.15) is 13.2 Å². The zero-order chi connectivity index (χ0) is 10.3. The number of halogens is 3. The van der Waals surface area contributed by atoms with Crippen molar-refractivity contribution < 1.29 is 13.2 Å². The van der Waals surface area contributed by atoms with Gasteiger partial charge in [-0.15, -0.1) is 0 Å². The molecule has 3 heteroatoms. The van der Waals surface area contributed by atoms with Gasteiger partial charge in [0.25, 0.3) is 0 Å². The third-order valence-corrected chi connectivity index (χ3v) is 2.78. The second kappa shape index (κ2) is 3.01. The molecule has 1 aromatic rings. The third-order valence-electron chi connectivity index (χ3n) is 2.78. The van der Waals surface area contributed by atoms with Gasteiger partial charge in [0.15, 0.2) is 0 Å². The van der Waals surface area contributed by atoms with Crippen LogP contribution in [0.2, 0.25) is 0 Å². The van der Waals surface area contributed by atoms with Gasteiger partial charge in [0, 0.05) is 0 Å². The van der Waals surface area contributed by atoms with Crippen molar-refractivity contribution in [3.63, 3.8) is 0 Å². The molecule has 0 bridgehead atoms. The molecule has 0 N–H and O–H groups in total. The van der Waals surface area contributed by atoms with Gasteiger partial charge in [0.2, 0.25) is 0 Å². The number of hydrogen-bond donors (Lipinski definition) is 0. The molecule has 1 fully saturated rings. The van der Waals surface area contributed by atoms with Crippen molar-refractivity contribution in [1.82, 2.24) is 0 Å². The van der Waals surface area contributed by atoms with E-state index in [-0.39, 0.29) is 0 Å². The topological polar surface area (TPSA) is 0 Å². The van der Waals surface area contributed by atoms with Crippen LogP contribution in [0.5, 0.6) is 0 Å². The van der Waals surface area contributed by atoms with Crippen molar-refractivity contribution in [3.8, 4) is 0 Å². The van der Waals surface area contributed by atoms with Crippen LogP contribution in [0, 0.1) is 5.92 Å². The van der Waals surface area contributed by atoms with Crippen LogP contribution >= 0.6 is 0 Å². The zero-order valence-electron chi connectivity index (χ0n) is 7.81. The maximum absolute atomic E-state index is 12.2. The highest BCUT2D eigenvalue weighted by atomic mass is 19.4. The van der Waals surface area contributed by atoms with E-state index in [0.29, 0.717) is 11.8 Å². The quantitative estimate of drug-likeness (QED) is 0.646. The van der Waals surface area contributed by atoms with Crippen molar-refractivity contribution in [2.75, 3.05) is 0 Å². The Bertz CT molecular complexity index is 323. The van der Waals surface area contributed by atoms with E-state index in [1.54, 1.807) is 12.1 Å². The van der Waals surface area contributed by atoms with E-state index in [4.69, 9.17) is 0 Å². The Morgan fingerprint density at radius 2 is 1.64 bits per heavy atom. The molecule has 2 rings (SSSR count). The lowest BCUT2D eigenvalue weighted by molar-refractivity contribution is -0.137. The molecule has 0 saturated heterocycles. The monoisotopic (exact) mass is 200 g/mol. The van der Waals surface area contributed by atoms with Gasteiger partial charge >= 0.3 is 6.18 Å². The maximum atomic E-state index is 12.2. The molecule has 0 aromatic heterocycles. The number of hydrogen-bond acceptors (Lipinski definition) is 0. The van der Waals surface area contributed by atoms with E-state index in [0.717, 1.165) is 12.0 Å². The van der Waals surface area contributed by atoms with Crippen molar-refractivity contribution in [2.24, 2.45) is 5.92 Å². The number of alkyl halides is 3. The maximum Gasteiger partial charge on any atom is 0.416 e. The van der Waals surface area contributed by atoms with Crippen LogP contribution in [0.4, 0.5) is 13.2 Å². The first-order valence-electron chi connectivity index (χ1n) is 4.65. The van der Waals surface area contributed by atoms with Gasteiger partial charge in [-0.1, -0.05) is 19.1 Å². The first-order chi connectivity index (χ1) is 6.48. The summed E-state index contributed by atoms with van der Waals surface area (Å²) in [6.07, 6.45) is -3.11. The Morgan fingerprint density at radius 1 is 1.14 bits per heavy atom. The van der Waals surface area contributed by atoms with E-state index < -0.39 is 11.7 Å². The first kappa shape index (κ1) is 9.56. The highest BCUT2D eigenvalue weighted by Gasteiger charge is 2.35. The smallest absolute Gasteiger partial charge is 0.166 e. The molecule has 0 unspecified atom stereocenters. The SMILES string of the molecule is C[C@@H]1C[C@H]1c1ccc(C(F)(F)F)cc1. The van der Waals surface area contributed by atoms with Crippen LogP contribution in [0.3, 0.4) is 0 Å². The molecule has 0 spiro atoms. The van der Waals surface area contributed by atoms with Crippen molar-refractivity contribution >= 4 is 0 Å². The highest BCUT2D eigenvalue weighted by molar-refractivity contribution is 5.30. The minimum atomic E-state index is -4.21. The fourth-order valence-corrected chi connectivity index (χ4v) is 1.71. The number of benzene rings is 1. The van der Waals surface area contributed by atoms with Crippen LogP contribution in [-0.4, -0.2) is 0 Å². The van der Waals surface area contributed by atoms with Crippen molar-refractivity contribution in [1.29, 1.82) is 0 Å². The Labute approximate surface area is 80.7 Å². The molecule has 0 nitrogen and oxygen atoms in total. The van der Waals surface area contributed by atoms with Gasteiger partial charge in [-0.25, -0.2) is 0 Å². The third kappa shape index (κ3) is 1.76. The minimum Gasteiger partial charge on any atom is -0.166 e. The second-order valence-corrected chi connectivity index (χ2v) is 3.94. The summed E-state index contributed by atoms with van der Waals surface area (Å²) in [4.78, 5) is 0. The van der Waals surface area contributed by atoms with E-state index in [1.807, 2.05) is 0 Å². The Balaban J connectivity index is 2.18. The summed E-state index contributed by atoms with van der Waals surface area (Å²) in [6, 6.07) is 5.52. The Hall–Kier alpha value is -0.990. The summed E-state index contributed by atoms with van der Waals surface area (Å²) in [7, 11) is 0. The summed E-state index contributed by atoms with van der Waals surface area (Å²) >= 11 is 0. The molecular weight excluding hydrogens is 189 g/mol. The van der Waals surface area contributed by atoms with Crippen LogP contribution < -0.4 is 0 Å². The summed E-state index contributed by atoms with van der Waals surface area (Å²) in [5, 5.41) is 0. The number of rotatable bonds is 1. The minimum absolute atomic E-state index is 0.484. The van der Waals surface area contributed by atoms with E-state index in [9.17, 15) is 13.2 Å². The summed E-state index contributed by atoms with van der Waals surface area (Å²) in [5.41, 5.74) is 0.472. The highest BCUT2D eigenvalue weighted by Crippen LogP contribution is 2.47. The van der Waals surface area contributed by atoms with E-state index in [2.05, 4.69) is 6.92 Å². The lowest BCUT2D eigenvalue weighted by atomic mass is 10.1. The van der Waals surface area contributed by atoms with E-state index in [1.165, 1.54) is 12.1 Å². The van der Waals surface area contributed by atoms with Crippen LogP contribution in [-0.2, 0) is 6.18 Å². The van der Waals surface area contributed by atoms with Crippen LogP contribution in [0.25, 0.3) is 0 Å². The first-order valence-corrected chi connectivity index (χ1v) is 4.65. The van der Waals surface area contributed by atoms with Gasteiger partial charge in [0.1, 0.15) is 0 Å². The Morgan fingerprint density at radius 3 is 2.00 bits per heavy atom. The summed E-state index contributed by atoms with van der Waals surface area (Å²) < 4.78 is 36.6. The molecule has 0 aliphatic heterocycles. The zero-order valence-corrected chi connectivity index (χ0v) is 7.81. The molecule has 1 aromatic carbocycles. The molecule has 14 heavy (non-hydrogen) atoms. The summed E-state index contributed by atoms with van der Waals surface area (Å²) in [6.45, 7) is 2.11. The second-order valence-electron chi connectivity index (χ2n) is 3.94. The van der Waals surface area contributed by atoms with E-state index >= 15 is 0 Å². The largest absolute Gasteiger partial charge is 0.416 e. The molecular formula is C11H11F3. The molecule has 0 radical (unpaired) electrons. The van der Waals surface area contributed by atoms with Gasteiger partial charge in [-0.05, 0) is 36.0 Å². The Kier molecular flexibility index (Phi) is 2.05. The lowest BCUT2D eigenvalue weighted by Gasteiger charge is -2.06. The molecule has 0 amide bonds. The van der Waals surface area contributed by atoms with Crippen molar-refractivity contribution in [2.45, 2.75) is 25.4 Å². The lowest BCUT2D eigenvalue weighted by Crippen LogP contribution is -2.04. The van der Waals surface area contributed by atoms with Crippen LogP contribution in [0.15, 0.2) is 24.3 Å². The fourth-order valence-electron chi connectivity index (χ4n) is 1.71. The van der Waals surface area contributed by atoms with Gasteiger partial charge in [-0.3, -0.25) is 0 Å². The van der Waals surface area contributed by atoms with Gasteiger partial charge < -0.3 is 0 Å². The summed E-state index contributed by atoms with van der Waals surface area (Å²) in [5.74, 6) is 1.11. The molecule has 2 atom stereocenters. The molecule has 1 aliphatic carbocycles. The fraction of sp³-hybridized carbons (Fsp3) is 0.455. The molecule has 76 valence electrons. The normalized spacial score (nSPS) is 26.3. The average Bonchev–Trinajstić information content (AvgIpc) is 2.81. The predicted octanol–water partition coefficient (Wildman–Crippen LogP) is 3.83. The van der Waals surface area contributed by atoms with Crippen LogP contribution in [0.1, 0.15) is 30.4 Å². The van der Waals surface area contributed by atoms with Gasteiger partial charge in [0.05, 0.1) is 5.56 Å². The molecule has 1 saturated carbocycles. The predicted molar refractivity (Wildman–Crippen MR) is 48.0 cm³/mol. The molecule has 1 aliphatic rings. The average molecular weight is 200 g/mol. The molecule has 0 heterocycles. The van der Waals surface area contributed by atoms with Crippen molar-refractivity contribution in [3.05, 3.63) is 35.4 Å². The standard InChI is InChI=1S/C11H11F3/c1-7-6-10(7)8-2-4-9(5-3-8)11(12,13)14/h2-5,7,10H,6H2,1H3/t7-,10-/m1/s1.